The van der Waals surface area contributed by atoms with Crippen LogP contribution in [0.1, 0.15) is 18.4 Å². The number of hydrogen-bond acceptors (Lipinski definition) is 4. The fourth-order valence-corrected chi connectivity index (χ4v) is 3.49. The highest BCUT2D eigenvalue weighted by atomic mass is 16.5. The van der Waals surface area contributed by atoms with Gasteiger partial charge in [0.25, 0.3) is 0 Å². The first kappa shape index (κ1) is 16.1. The van der Waals surface area contributed by atoms with Crippen molar-refractivity contribution in [1.29, 1.82) is 5.26 Å². The van der Waals surface area contributed by atoms with Crippen molar-refractivity contribution >= 4 is 17.5 Å². The zero-order chi connectivity index (χ0) is 18.1. The molecular weight excluding hydrogens is 328 g/mol. The number of rotatable bonds is 3. The molecule has 1 aliphatic heterocycles. The van der Waals surface area contributed by atoms with Crippen LogP contribution in [0.15, 0.2) is 60.7 Å². The molecule has 0 radical (unpaired) electrons. The van der Waals surface area contributed by atoms with Gasteiger partial charge in [0, 0.05) is 0 Å². The van der Waals surface area contributed by atoms with Crippen molar-refractivity contribution in [2.75, 3.05) is 4.90 Å². The monoisotopic (exact) mass is 344 g/mol. The molecule has 5 heteroatoms. The first-order valence-electron chi connectivity index (χ1n) is 8.49. The minimum absolute atomic E-state index is 0.166. The van der Waals surface area contributed by atoms with E-state index in [1.54, 1.807) is 48.5 Å². The number of carbonyl (C=O) groups is 2. The van der Waals surface area contributed by atoms with Gasteiger partial charge in [0.15, 0.2) is 5.75 Å². The van der Waals surface area contributed by atoms with Crippen molar-refractivity contribution in [3.63, 3.8) is 0 Å². The van der Waals surface area contributed by atoms with Gasteiger partial charge < -0.3 is 4.74 Å². The molecule has 0 spiro atoms. The van der Waals surface area contributed by atoms with Gasteiger partial charge in [-0.25, -0.2) is 4.90 Å². The molecule has 1 heterocycles. The average molecular weight is 344 g/mol. The van der Waals surface area contributed by atoms with Crippen LogP contribution in [0, 0.1) is 23.2 Å². The lowest BCUT2D eigenvalue weighted by Gasteiger charge is -2.19. The van der Waals surface area contributed by atoms with Gasteiger partial charge in [0.2, 0.25) is 11.8 Å². The summed E-state index contributed by atoms with van der Waals surface area (Å²) in [6, 6.07) is 15.8. The highest BCUT2D eigenvalue weighted by molar-refractivity contribution is 6.22. The number of nitriles is 1. The summed E-state index contributed by atoms with van der Waals surface area (Å²) in [5.41, 5.74) is 0.994. The van der Waals surface area contributed by atoms with Gasteiger partial charge in [-0.05, 0) is 49.2 Å². The largest absolute Gasteiger partial charge is 0.455 e. The van der Waals surface area contributed by atoms with Crippen LogP contribution in [0.5, 0.6) is 11.5 Å². The van der Waals surface area contributed by atoms with E-state index in [2.05, 4.69) is 6.07 Å². The Morgan fingerprint density at radius 2 is 1.54 bits per heavy atom. The van der Waals surface area contributed by atoms with Gasteiger partial charge in [-0.3, -0.25) is 9.59 Å². The van der Waals surface area contributed by atoms with E-state index in [0.29, 0.717) is 35.6 Å². The van der Waals surface area contributed by atoms with E-state index in [9.17, 15) is 9.59 Å². The first-order valence-corrected chi connectivity index (χ1v) is 8.49. The summed E-state index contributed by atoms with van der Waals surface area (Å²) >= 11 is 0. The summed E-state index contributed by atoms with van der Waals surface area (Å²) in [6.45, 7) is 0. The highest BCUT2D eigenvalue weighted by Gasteiger charge is 2.48. The van der Waals surface area contributed by atoms with Crippen molar-refractivity contribution in [3.05, 3.63) is 66.2 Å². The Hall–Kier alpha value is -3.39. The third kappa shape index (κ3) is 2.66. The number of allylic oxidation sites excluding steroid dienone is 2. The molecule has 26 heavy (non-hydrogen) atoms. The number of amides is 2. The smallest absolute Gasteiger partial charge is 0.238 e. The number of imide groups is 1. The van der Waals surface area contributed by atoms with Crippen molar-refractivity contribution in [3.8, 4) is 17.6 Å². The summed E-state index contributed by atoms with van der Waals surface area (Å²) in [5.74, 6) is 0.0755. The number of nitrogens with zero attached hydrogens (tertiary/aromatic N) is 2. The van der Waals surface area contributed by atoms with Gasteiger partial charge in [-0.2, -0.15) is 5.26 Å². The summed E-state index contributed by atoms with van der Waals surface area (Å²) in [6.07, 6.45) is 5.14. The third-order valence-corrected chi connectivity index (χ3v) is 4.82. The SMILES string of the molecule is N#Cc1ccc(Oc2ccccc2N2C(=O)[C@H]3CC=CC[C@H]3C2=O)cc1. The standard InChI is InChI=1S/C21H16N2O3/c22-13-14-9-11-15(12-10-14)26-19-8-4-3-7-18(19)23-20(24)16-5-1-2-6-17(16)21(23)25/h1-4,7-12,16-17H,5-6H2/t16-,17+. The summed E-state index contributed by atoms with van der Waals surface area (Å²) in [7, 11) is 0. The van der Waals surface area contributed by atoms with Crippen molar-refractivity contribution in [1.82, 2.24) is 0 Å². The Morgan fingerprint density at radius 1 is 0.923 bits per heavy atom. The van der Waals surface area contributed by atoms with E-state index in [0.717, 1.165) is 0 Å². The molecule has 0 saturated carbocycles. The Labute approximate surface area is 151 Å². The molecule has 2 amide bonds. The third-order valence-electron chi connectivity index (χ3n) is 4.82. The summed E-state index contributed by atoms with van der Waals surface area (Å²) < 4.78 is 5.90. The molecular formula is C21H16N2O3. The minimum Gasteiger partial charge on any atom is -0.455 e. The molecule has 0 unspecified atom stereocenters. The number of hydrogen-bond donors (Lipinski definition) is 0. The van der Waals surface area contributed by atoms with E-state index in [1.807, 2.05) is 12.2 Å². The zero-order valence-corrected chi connectivity index (χ0v) is 14.0. The van der Waals surface area contributed by atoms with Crippen LogP contribution >= 0.6 is 0 Å². The Bertz CT molecular complexity index is 914. The fraction of sp³-hybridized carbons (Fsp3) is 0.190. The average Bonchev–Trinajstić information content (AvgIpc) is 2.94. The zero-order valence-electron chi connectivity index (χ0n) is 14.0. The second-order valence-corrected chi connectivity index (χ2v) is 6.37. The van der Waals surface area contributed by atoms with Crippen molar-refractivity contribution < 1.29 is 14.3 Å². The van der Waals surface area contributed by atoms with Gasteiger partial charge in [-0.15, -0.1) is 0 Å². The number of carbonyl (C=O) groups excluding carboxylic acids is 2. The minimum atomic E-state index is -0.282. The molecule has 2 aliphatic rings. The Balaban J connectivity index is 1.66. The number of benzene rings is 2. The predicted molar refractivity (Wildman–Crippen MR) is 95.5 cm³/mol. The van der Waals surface area contributed by atoms with E-state index >= 15 is 0 Å². The van der Waals surface area contributed by atoms with Crippen LogP contribution < -0.4 is 9.64 Å². The number of para-hydroxylation sites is 2. The molecule has 1 fully saturated rings. The highest BCUT2D eigenvalue weighted by Crippen LogP contribution is 2.41. The molecule has 1 saturated heterocycles. The van der Waals surface area contributed by atoms with Gasteiger partial charge >= 0.3 is 0 Å². The van der Waals surface area contributed by atoms with E-state index in [4.69, 9.17) is 10.00 Å². The Morgan fingerprint density at radius 3 is 2.15 bits per heavy atom. The first-order chi connectivity index (χ1) is 12.7. The normalized spacial score (nSPS) is 21.4. The maximum Gasteiger partial charge on any atom is 0.238 e. The van der Waals surface area contributed by atoms with E-state index in [-0.39, 0.29) is 23.7 Å². The lowest BCUT2D eigenvalue weighted by molar-refractivity contribution is -0.122. The second-order valence-electron chi connectivity index (χ2n) is 6.37. The second kappa shape index (κ2) is 6.49. The predicted octanol–water partition coefficient (Wildman–Crippen LogP) is 3.81. The lowest BCUT2D eigenvalue weighted by Crippen LogP contribution is -2.31. The van der Waals surface area contributed by atoms with Crippen LogP contribution in [0.2, 0.25) is 0 Å². The maximum atomic E-state index is 12.8. The molecule has 5 nitrogen and oxygen atoms in total. The van der Waals surface area contributed by atoms with Crippen LogP contribution in [-0.4, -0.2) is 11.8 Å². The fourth-order valence-electron chi connectivity index (χ4n) is 3.49. The Kier molecular flexibility index (Phi) is 4.02. The molecule has 2 aromatic rings. The topological polar surface area (TPSA) is 70.4 Å². The molecule has 128 valence electrons. The van der Waals surface area contributed by atoms with E-state index in [1.165, 1.54) is 4.90 Å². The summed E-state index contributed by atoms with van der Waals surface area (Å²) in [4.78, 5) is 26.9. The van der Waals surface area contributed by atoms with Gasteiger partial charge in [-0.1, -0.05) is 24.3 Å². The van der Waals surface area contributed by atoms with Crippen LogP contribution in [0.25, 0.3) is 0 Å². The molecule has 2 atom stereocenters. The van der Waals surface area contributed by atoms with Gasteiger partial charge in [0.05, 0.1) is 29.2 Å². The molecule has 4 rings (SSSR count). The number of anilines is 1. The van der Waals surface area contributed by atoms with Crippen LogP contribution in [0.3, 0.4) is 0 Å². The van der Waals surface area contributed by atoms with E-state index < -0.39 is 0 Å². The number of ether oxygens (including phenoxy) is 1. The van der Waals surface area contributed by atoms with Crippen LogP contribution in [-0.2, 0) is 9.59 Å². The summed E-state index contributed by atoms with van der Waals surface area (Å²) in [5, 5.41) is 8.89. The van der Waals surface area contributed by atoms with Crippen molar-refractivity contribution in [2.45, 2.75) is 12.8 Å². The lowest BCUT2D eigenvalue weighted by atomic mass is 9.85. The molecule has 0 N–H and O–H groups in total. The molecule has 2 aromatic carbocycles. The number of fused-ring (bicyclic) bond motifs is 1. The molecule has 1 aliphatic carbocycles. The van der Waals surface area contributed by atoms with Crippen LogP contribution in [0.4, 0.5) is 5.69 Å². The molecule has 0 aromatic heterocycles. The van der Waals surface area contributed by atoms with Gasteiger partial charge in [0.1, 0.15) is 5.75 Å². The maximum absolute atomic E-state index is 12.8. The molecule has 0 bridgehead atoms. The van der Waals surface area contributed by atoms with Crippen molar-refractivity contribution in [2.24, 2.45) is 11.8 Å². The quantitative estimate of drug-likeness (QED) is 0.627.